The van der Waals surface area contributed by atoms with Crippen LogP contribution in [0, 0.1) is 5.92 Å². The van der Waals surface area contributed by atoms with E-state index in [1.807, 2.05) is 12.4 Å². The average Bonchev–Trinajstić information content (AvgIpc) is 2.79. The molecule has 1 aromatic heterocycles. The molecule has 0 bridgehead atoms. The number of hydrogen-bond donors (Lipinski definition) is 1. The van der Waals surface area contributed by atoms with Crippen LogP contribution in [0.1, 0.15) is 39.0 Å². The lowest BCUT2D eigenvalue weighted by molar-refractivity contribution is 0.135. The summed E-state index contributed by atoms with van der Waals surface area (Å²) in [5.74, 6) is 1.79. The molecule has 1 aliphatic carbocycles. The SMILES string of the molecule is CC1CCC(Oc2cncc(N3CCCNCC3)c2)CC1. The maximum absolute atomic E-state index is 6.16. The number of ether oxygens (including phenoxy) is 1. The van der Waals surface area contributed by atoms with Crippen LogP contribution in [-0.4, -0.2) is 37.3 Å². The first-order valence-electron chi connectivity index (χ1n) is 8.38. The van der Waals surface area contributed by atoms with Crippen LogP contribution in [-0.2, 0) is 0 Å². The van der Waals surface area contributed by atoms with Crippen molar-refractivity contribution in [1.29, 1.82) is 0 Å². The van der Waals surface area contributed by atoms with Gasteiger partial charge >= 0.3 is 0 Å². The van der Waals surface area contributed by atoms with Gasteiger partial charge in [0.25, 0.3) is 0 Å². The molecule has 2 fully saturated rings. The van der Waals surface area contributed by atoms with Crippen molar-refractivity contribution in [2.45, 2.75) is 45.1 Å². The van der Waals surface area contributed by atoms with Gasteiger partial charge in [-0.15, -0.1) is 0 Å². The molecule has 2 heterocycles. The molecular formula is C17H27N3O. The van der Waals surface area contributed by atoms with Crippen LogP contribution in [0.5, 0.6) is 5.75 Å². The van der Waals surface area contributed by atoms with Gasteiger partial charge in [0.1, 0.15) is 5.75 Å². The van der Waals surface area contributed by atoms with Gasteiger partial charge in [0, 0.05) is 25.7 Å². The second-order valence-corrected chi connectivity index (χ2v) is 6.47. The Morgan fingerprint density at radius 1 is 1.14 bits per heavy atom. The van der Waals surface area contributed by atoms with E-state index in [4.69, 9.17) is 4.74 Å². The van der Waals surface area contributed by atoms with Crippen molar-refractivity contribution < 1.29 is 4.74 Å². The Hall–Kier alpha value is -1.29. The summed E-state index contributed by atoms with van der Waals surface area (Å²) in [5.41, 5.74) is 1.19. The number of hydrogen-bond acceptors (Lipinski definition) is 4. The van der Waals surface area contributed by atoms with E-state index in [2.05, 4.69) is 28.2 Å². The lowest BCUT2D eigenvalue weighted by Gasteiger charge is -2.27. The number of pyridine rings is 1. The Labute approximate surface area is 127 Å². The minimum atomic E-state index is 0.379. The summed E-state index contributed by atoms with van der Waals surface area (Å²) in [6.45, 7) is 6.64. The van der Waals surface area contributed by atoms with Crippen LogP contribution in [0.4, 0.5) is 5.69 Å². The lowest BCUT2D eigenvalue weighted by Crippen LogP contribution is -2.28. The van der Waals surface area contributed by atoms with Crippen molar-refractivity contribution in [2.75, 3.05) is 31.1 Å². The summed E-state index contributed by atoms with van der Waals surface area (Å²) in [5, 5.41) is 3.44. The highest BCUT2D eigenvalue weighted by Gasteiger charge is 2.20. The van der Waals surface area contributed by atoms with Crippen LogP contribution in [0.15, 0.2) is 18.5 Å². The Balaban J connectivity index is 1.62. The third-order valence-electron chi connectivity index (χ3n) is 4.67. The van der Waals surface area contributed by atoms with Gasteiger partial charge in [-0.25, -0.2) is 0 Å². The standard InChI is InChI=1S/C17H27N3O/c1-14-3-5-16(6-4-14)21-17-11-15(12-19-13-17)20-9-2-7-18-8-10-20/h11-14,16,18H,2-10H2,1H3. The fourth-order valence-corrected chi connectivity index (χ4v) is 3.29. The van der Waals surface area contributed by atoms with Crippen molar-refractivity contribution in [1.82, 2.24) is 10.3 Å². The molecule has 21 heavy (non-hydrogen) atoms. The number of anilines is 1. The first-order valence-corrected chi connectivity index (χ1v) is 8.38. The topological polar surface area (TPSA) is 37.4 Å². The normalized spacial score (nSPS) is 27.2. The van der Waals surface area contributed by atoms with Gasteiger partial charge in [-0.3, -0.25) is 4.98 Å². The van der Waals surface area contributed by atoms with Crippen molar-refractivity contribution in [3.8, 4) is 5.75 Å². The van der Waals surface area contributed by atoms with Crippen molar-refractivity contribution >= 4 is 5.69 Å². The molecule has 0 unspecified atom stereocenters. The molecule has 0 radical (unpaired) electrons. The van der Waals surface area contributed by atoms with Crippen LogP contribution in [0.25, 0.3) is 0 Å². The van der Waals surface area contributed by atoms with Crippen molar-refractivity contribution in [3.05, 3.63) is 18.5 Å². The van der Waals surface area contributed by atoms with E-state index >= 15 is 0 Å². The molecule has 1 saturated heterocycles. The van der Waals surface area contributed by atoms with Gasteiger partial charge in [0.2, 0.25) is 0 Å². The molecule has 1 saturated carbocycles. The Kier molecular flexibility index (Phi) is 4.96. The average molecular weight is 289 g/mol. The number of nitrogens with one attached hydrogen (secondary N) is 1. The Morgan fingerprint density at radius 3 is 2.86 bits per heavy atom. The predicted octanol–water partition coefficient (Wildman–Crippen LogP) is 2.84. The molecule has 0 atom stereocenters. The smallest absolute Gasteiger partial charge is 0.140 e. The fraction of sp³-hybridized carbons (Fsp3) is 0.706. The Morgan fingerprint density at radius 2 is 2.00 bits per heavy atom. The molecule has 3 rings (SSSR count). The number of rotatable bonds is 3. The monoisotopic (exact) mass is 289 g/mol. The Bertz CT molecular complexity index is 435. The highest BCUT2D eigenvalue weighted by Crippen LogP contribution is 2.28. The second kappa shape index (κ2) is 7.12. The van der Waals surface area contributed by atoms with Crippen LogP contribution < -0.4 is 15.0 Å². The zero-order chi connectivity index (χ0) is 14.5. The first-order chi connectivity index (χ1) is 10.3. The quantitative estimate of drug-likeness (QED) is 0.928. The van der Waals surface area contributed by atoms with Gasteiger partial charge in [-0.2, -0.15) is 0 Å². The summed E-state index contributed by atoms with van der Waals surface area (Å²) in [6.07, 6.45) is 10.3. The zero-order valence-corrected chi connectivity index (χ0v) is 13.1. The minimum absolute atomic E-state index is 0.379. The maximum atomic E-state index is 6.16. The third-order valence-corrected chi connectivity index (χ3v) is 4.67. The second-order valence-electron chi connectivity index (χ2n) is 6.47. The maximum Gasteiger partial charge on any atom is 0.140 e. The van der Waals surface area contributed by atoms with E-state index in [0.29, 0.717) is 6.10 Å². The van der Waals surface area contributed by atoms with Gasteiger partial charge in [-0.1, -0.05) is 6.92 Å². The molecule has 1 N–H and O–H groups in total. The molecule has 4 nitrogen and oxygen atoms in total. The molecule has 0 amide bonds. The van der Waals surface area contributed by atoms with Gasteiger partial charge in [-0.05, 0) is 44.6 Å². The largest absolute Gasteiger partial charge is 0.489 e. The molecule has 0 spiro atoms. The molecule has 2 aliphatic rings. The zero-order valence-electron chi connectivity index (χ0n) is 13.1. The molecular weight excluding hydrogens is 262 g/mol. The highest BCUT2D eigenvalue weighted by molar-refractivity contribution is 5.48. The fourth-order valence-electron chi connectivity index (χ4n) is 3.29. The summed E-state index contributed by atoms with van der Waals surface area (Å²) in [6, 6.07) is 2.16. The van der Waals surface area contributed by atoms with Gasteiger partial charge in [0.15, 0.2) is 0 Å². The molecule has 116 valence electrons. The first kappa shape index (κ1) is 14.6. The highest BCUT2D eigenvalue weighted by atomic mass is 16.5. The van der Waals surface area contributed by atoms with Gasteiger partial charge < -0.3 is 15.0 Å². The number of nitrogens with zero attached hydrogens (tertiary/aromatic N) is 2. The van der Waals surface area contributed by atoms with Crippen LogP contribution in [0.2, 0.25) is 0 Å². The van der Waals surface area contributed by atoms with E-state index in [1.54, 1.807) is 0 Å². The molecule has 1 aliphatic heterocycles. The third kappa shape index (κ3) is 4.10. The van der Waals surface area contributed by atoms with E-state index in [-0.39, 0.29) is 0 Å². The van der Waals surface area contributed by atoms with Crippen molar-refractivity contribution in [2.24, 2.45) is 5.92 Å². The van der Waals surface area contributed by atoms with E-state index in [9.17, 15) is 0 Å². The van der Waals surface area contributed by atoms with E-state index in [1.165, 1.54) is 37.8 Å². The van der Waals surface area contributed by atoms with E-state index in [0.717, 1.165) is 37.8 Å². The molecule has 4 heteroatoms. The van der Waals surface area contributed by atoms with E-state index < -0.39 is 0 Å². The minimum Gasteiger partial charge on any atom is -0.489 e. The number of aromatic nitrogens is 1. The van der Waals surface area contributed by atoms with Gasteiger partial charge in [0.05, 0.1) is 24.2 Å². The lowest BCUT2D eigenvalue weighted by atomic mass is 9.89. The van der Waals surface area contributed by atoms with Crippen molar-refractivity contribution in [3.63, 3.8) is 0 Å². The summed E-state index contributed by atoms with van der Waals surface area (Å²) < 4.78 is 6.16. The molecule has 1 aromatic rings. The summed E-state index contributed by atoms with van der Waals surface area (Å²) in [7, 11) is 0. The summed E-state index contributed by atoms with van der Waals surface area (Å²) >= 11 is 0. The molecule has 0 aromatic carbocycles. The van der Waals surface area contributed by atoms with Crippen LogP contribution >= 0.6 is 0 Å². The summed E-state index contributed by atoms with van der Waals surface area (Å²) in [4.78, 5) is 6.79. The predicted molar refractivity (Wildman–Crippen MR) is 86.0 cm³/mol. The van der Waals surface area contributed by atoms with Crippen LogP contribution in [0.3, 0.4) is 0 Å².